The Bertz CT molecular complexity index is 1230. The van der Waals surface area contributed by atoms with E-state index in [1.165, 1.54) is 0 Å². The highest BCUT2D eigenvalue weighted by Crippen LogP contribution is 2.26. The molecule has 0 unspecified atom stereocenters. The van der Waals surface area contributed by atoms with Crippen molar-refractivity contribution in [2.45, 2.75) is 6.92 Å². The predicted octanol–water partition coefficient (Wildman–Crippen LogP) is 4.55. The molecule has 0 radical (unpaired) electrons. The van der Waals surface area contributed by atoms with Crippen LogP contribution in [-0.4, -0.2) is 34.7 Å². The molecule has 0 saturated carbocycles. The molecule has 9 heteroatoms. The monoisotopic (exact) mass is 464 g/mol. The fourth-order valence-corrected chi connectivity index (χ4v) is 3.22. The highest BCUT2D eigenvalue weighted by molar-refractivity contribution is 6.30. The number of hydrogen-bond acceptors (Lipinski definition) is 5. The van der Waals surface area contributed by atoms with E-state index in [4.69, 9.17) is 20.8 Å². The molecule has 0 atom stereocenters. The molecule has 0 fully saturated rings. The van der Waals surface area contributed by atoms with E-state index in [9.17, 15) is 9.59 Å². The average Bonchev–Trinajstić information content (AvgIpc) is 3.49. The Morgan fingerprint density at radius 3 is 2.52 bits per heavy atom. The maximum atomic E-state index is 12.9. The first-order valence-electron chi connectivity index (χ1n) is 10.2. The molecular weight excluding hydrogens is 444 g/mol. The van der Waals surface area contributed by atoms with Gasteiger partial charge >= 0.3 is 0 Å². The summed E-state index contributed by atoms with van der Waals surface area (Å²) in [4.78, 5) is 24.4. The molecule has 2 N–H and O–H groups in total. The molecular formula is C24H21ClN4O4. The number of amides is 2. The summed E-state index contributed by atoms with van der Waals surface area (Å²) in [6.45, 7) is 2.31. The Hall–Kier alpha value is -4.04. The number of nitrogens with one attached hydrogen (secondary N) is 2. The van der Waals surface area contributed by atoms with Crippen molar-refractivity contribution in [1.82, 2.24) is 15.1 Å². The molecule has 2 heterocycles. The summed E-state index contributed by atoms with van der Waals surface area (Å²) in [6.07, 6.45) is 1.56. The second-order valence-corrected chi connectivity index (χ2v) is 7.44. The topological polar surface area (TPSA) is 98.4 Å². The highest BCUT2D eigenvalue weighted by atomic mass is 35.5. The molecule has 2 aromatic heterocycles. The Morgan fingerprint density at radius 2 is 1.85 bits per heavy atom. The van der Waals surface area contributed by atoms with Gasteiger partial charge in [0.05, 0.1) is 12.0 Å². The molecule has 0 aliphatic rings. The van der Waals surface area contributed by atoms with Crippen LogP contribution in [0.4, 0.5) is 5.69 Å². The zero-order chi connectivity index (χ0) is 23.2. The van der Waals surface area contributed by atoms with Gasteiger partial charge in [-0.2, -0.15) is 5.10 Å². The number of nitrogens with zero attached hydrogens (tertiary/aromatic N) is 2. The lowest BCUT2D eigenvalue weighted by Gasteiger charge is -2.08. The predicted molar refractivity (Wildman–Crippen MR) is 125 cm³/mol. The summed E-state index contributed by atoms with van der Waals surface area (Å²) < 4.78 is 12.6. The van der Waals surface area contributed by atoms with Gasteiger partial charge in [-0.3, -0.25) is 9.59 Å². The van der Waals surface area contributed by atoms with Crippen LogP contribution in [0.2, 0.25) is 5.02 Å². The van der Waals surface area contributed by atoms with Crippen molar-refractivity contribution in [2.24, 2.45) is 0 Å². The largest absolute Gasteiger partial charge is 0.484 e. The van der Waals surface area contributed by atoms with Crippen LogP contribution < -0.4 is 15.4 Å². The van der Waals surface area contributed by atoms with Gasteiger partial charge in [0.15, 0.2) is 18.1 Å². The number of halogens is 1. The number of aromatic nitrogens is 2. The van der Waals surface area contributed by atoms with Gasteiger partial charge in [0.25, 0.3) is 11.8 Å². The summed E-state index contributed by atoms with van der Waals surface area (Å²) in [5.41, 5.74) is 2.14. The zero-order valence-corrected chi connectivity index (χ0v) is 18.5. The number of furan rings is 1. The van der Waals surface area contributed by atoms with Gasteiger partial charge in [0.1, 0.15) is 11.4 Å². The first-order valence-corrected chi connectivity index (χ1v) is 10.6. The summed E-state index contributed by atoms with van der Waals surface area (Å²) in [7, 11) is 0. The molecule has 2 aromatic carbocycles. The minimum absolute atomic E-state index is 0.0722. The fraction of sp³-hybridized carbons (Fsp3) is 0.125. The first kappa shape index (κ1) is 22.2. The number of anilines is 1. The molecule has 4 rings (SSSR count). The van der Waals surface area contributed by atoms with Gasteiger partial charge in [0.2, 0.25) is 0 Å². The summed E-state index contributed by atoms with van der Waals surface area (Å²) in [6, 6.07) is 19.1. The zero-order valence-electron chi connectivity index (χ0n) is 17.7. The lowest BCUT2D eigenvalue weighted by molar-refractivity contribution is -0.122. The van der Waals surface area contributed by atoms with Gasteiger partial charge in [-0.25, -0.2) is 4.68 Å². The van der Waals surface area contributed by atoms with E-state index in [-0.39, 0.29) is 24.1 Å². The van der Waals surface area contributed by atoms with Crippen molar-refractivity contribution >= 4 is 29.1 Å². The number of ether oxygens (including phenoxy) is 1. The Morgan fingerprint density at radius 1 is 1.09 bits per heavy atom. The van der Waals surface area contributed by atoms with Crippen LogP contribution in [0.15, 0.2) is 77.4 Å². The van der Waals surface area contributed by atoms with E-state index in [1.807, 2.05) is 19.1 Å². The van der Waals surface area contributed by atoms with Crippen molar-refractivity contribution in [1.29, 1.82) is 0 Å². The highest BCUT2D eigenvalue weighted by Gasteiger charge is 2.18. The van der Waals surface area contributed by atoms with Gasteiger partial charge in [-0.05, 0) is 67.6 Å². The van der Waals surface area contributed by atoms with Gasteiger partial charge in [-0.15, -0.1) is 0 Å². The molecule has 0 aliphatic heterocycles. The molecule has 8 nitrogen and oxygen atoms in total. The third-order valence-electron chi connectivity index (χ3n) is 4.64. The van der Waals surface area contributed by atoms with E-state index in [0.717, 1.165) is 5.69 Å². The maximum absolute atomic E-state index is 12.9. The number of likely N-dealkylation sites (N-methyl/N-ethyl adjacent to an activating group) is 1. The number of carbonyl (C=O) groups is 2. The number of hydrogen-bond donors (Lipinski definition) is 2. The summed E-state index contributed by atoms with van der Waals surface area (Å²) >= 11 is 6.00. The van der Waals surface area contributed by atoms with Gasteiger partial charge in [0, 0.05) is 23.3 Å². The van der Waals surface area contributed by atoms with Crippen LogP contribution >= 0.6 is 11.6 Å². The van der Waals surface area contributed by atoms with E-state index >= 15 is 0 Å². The third-order valence-corrected chi connectivity index (χ3v) is 4.89. The Balaban J connectivity index is 1.51. The number of benzene rings is 2. The van der Waals surface area contributed by atoms with Gasteiger partial charge < -0.3 is 19.8 Å². The van der Waals surface area contributed by atoms with Crippen LogP contribution in [0, 0.1) is 0 Å². The Labute approximate surface area is 195 Å². The van der Waals surface area contributed by atoms with Crippen molar-refractivity contribution in [3.63, 3.8) is 0 Å². The second kappa shape index (κ2) is 10.1. The van der Waals surface area contributed by atoms with Crippen LogP contribution in [0.25, 0.3) is 17.1 Å². The van der Waals surface area contributed by atoms with Gasteiger partial charge in [-0.1, -0.05) is 11.6 Å². The van der Waals surface area contributed by atoms with E-state index in [0.29, 0.717) is 34.5 Å². The lowest BCUT2D eigenvalue weighted by atomic mass is 10.2. The van der Waals surface area contributed by atoms with E-state index < -0.39 is 0 Å². The molecule has 33 heavy (non-hydrogen) atoms. The van der Waals surface area contributed by atoms with Crippen LogP contribution in [0.3, 0.4) is 0 Å². The maximum Gasteiger partial charge on any atom is 0.276 e. The smallest absolute Gasteiger partial charge is 0.276 e. The molecule has 0 saturated heterocycles. The first-order chi connectivity index (χ1) is 16.0. The van der Waals surface area contributed by atoms with Crippen molar-refractivity contribution in [2.75, 3.05) is 18.5 Å². The van der Waals surface area contributed by atoms with Crippen LogP contribution in [-0.2, 0) is 4.79 Å². The minimum atomic E-state index is -0.383. The lowest BCUT2D eigenvalue weighted by Crippen LogP contribution is -2.28. The van der Waals surface area contributed by atoms with E-state index in [2.05, 4.69) is 15.7 Å². The van der Waals surface area contributed by atoms with Crippen LogP contribution in [0.5, 0.6) is 5.75 Å². The molecule has 2 amide bonds. The molecule has 4 aromatic rings. The SMILES string of the molecule is CCNC(=O)COc1ccc(NC(=O)c2cc(-c3ccco3)n(-c3ccc(Cl)cc3)n2)cc1. The minimum Gasteiger partial charge on any atom is -0.484 e. The number of carbonyl (C=O) groups excluding carboxylic acids is 2. The standard InChI is InChI=1S/C24H21ClN4O4/c1-2-26-23(30)15-33-19-11-7-17(8-12-19)27-24(31)20-14-21(22-4-3-13-32-22)29(28-20)18-9-5-16(25)6-10-18/h3-14H,2,15H2,1H3,(H,26,30)(H,27,31). The van der Waals surface area contributed by atoms with Crippen molar-refractivity contribution in [3.05, 3.63) is 83.7 Å². The molecule has 0 spiro atoms. The second-order valence-electron chi connectivity index (χ2n) is 7.00. The third kappa shape index (κ3) is 5.42. The van der Waals surface area contributed by atoms with Crippen molar-refractivity contribution in [3.8, 4) is 22.9 Å². The molecule has 0 bridgehead atoms. The summed E-state index contributed by atoms with van der Waals surface area (Å²) in [5, 5.41) is 10.6. The molecule has 168 valence electrons. The van der Waals surface area contributed by atoms with E-state index in [1.54, 1.807) is 65.5 Å². The fourth-order valence-electron chi connectivity index (χ4n) is 3.10. The quantitative estimate of drug-likeness (QED) is 0.398. The Kier molecular flexibility index (Phi) is 6.75. The average molecular weight is 465 g/mol. The molecule has 0 aliphatic carbocycles. The van der Waals surface area contributed by atoms with Crippen LogP contribution in [0.1, 0.15) is 17.4 Å². The number of rotatable bonds is 8. The van der Waals surface area contributed by atoms with Crippen molar-refractivity contribution < 1.29 is 18.7 Å². The normalized spacial score (nSPS) is 10.6. The summed E-state index contributed by atoms with van der Waals surface area (Å²) in [5.74, 6) is 0.515.